The van der Waals surface area contributed by atoms with E-state index in [-0.39, 0.29) is 6.04 Å². The Kier molecular flexibility index (Phi) is 2.22. The van der Waals surface area contributed by atoms with Crippen molar-refractivity contribution >= 4 is 10.0 Å². The van der Waals surface area contributed by atoms with Gasteiger partial charge in [0, 0.05) is 25.0 Å². The van der Waals surface area contributed by atoms with Crippen LogP contribution in [-0.4, -0.2) is 38.1 Å². The highest BCUT2D eigenvalue weighted by atomic mass is 32.2. The van der Waals surface area contributed by atoms with Crippen molar-refractivity contribution < 1.29 is 8.42 Å². The molecule has 0 saturated carbocycles. The minimum Gasteiger partial charge on any atom is -0.328 e. The smallest absolute Gasteiger partial charge is 0.211 e. The van der Waals surface area contributed by atoms with Gasteiger partial charge in [-0.1, -0.05) is 0 Å². The molecule has 0 aliphatic carbocycles. The van der Waals surface area contributed by atoms with Crippen LogP contribution in [0, 0.1) is 5.92 Å². The largest absolute Gasteiger partial charge is 0.328 e. The average molecular weight is 178 g/mol. The molecule has 1 rings (SSSR count). The van der Waals surface area contributed by atoms with Gasteiger partial charge in [-0.3, -0.25) is 0 Å². The molecule has 66 valence electrons. The molecule has 0 unspecified atom stereocenters. The van der Waals surface area contributed by atoms with Crippen LogP contribution in [0.4, 0.5) is 0 Å². The standard InChI is InChI=1S/C6H14N2O2S/c1-5(7)6-3-8(4-6)11(2,9)10/h5-6H,3-4,7H2,1-2H3/t5-/m0/s1. The van der Waals surface area contributed by atoms with Crippen molar-refractivity contribution in [3.63, 3.8) is 0 Å². The van der Waals surface area contributed by atoms with E-state index in [1.807, 2.05) is 6.92 Å². The molecule has 0 spiro atoms. The maximum Gasteiger partial charge on any atom is 0.211 e. The van der Waals surface area contributed by atoms with E-state index < -0.39 is 10.0 Å². The van der Waals surface area contributed by atoms with E-state index in [2.05, 4.69) is 0 Å². The molecule has 0 aromatic carbocycles. The predicted molar refractivity (Wildman–Crippen MR) is 43.6 cm³/mol. The van der Waals surface area contributed by atoms with E-state index in [1.165, 1.54) is 10.6 Å². The summed E-state index contributed by atoms with van der Waals surface area (Å²) in [5.74, 6) is 0.352. The Morgan fingerprint density at radius 3 is 2.27 bits per heavy atom. The molecule has 11 heavy (non-hydrogen) atoms. The molecule has 2 N–H and O–H groups in total. The van der Waals surface area contributed by atoms with Crippen LogP contribution in [0.25, 0.3) is 0 Å². The highest BCUT2D eigenvalue weighted by molar-refractivity contribution is 7.88. The summed E-state index contributed by atoms with van der Waals surface area (Å²) in [6.07, 6.45) is 1.23. The quantitative estimate of drug-likeness (QED) is 0.603. The maximum absolute atomic E-state index is 10.9. The third-order valence-electron chi connectivity index (χ3n) is 2.09. The van der Waals surface area contributed by atoms with Crippen LogP contribution < -0.4 is 5.73 Å². The topological polar surface area (TPSA) is 63.4 Å². The van der Waals surface area contributed by atoms with Gasteiger partial charge >= 0.3 is 0 Å². The predicted octanol–water partition coefficient (Wildman–Crippen LogP) is -0.775. The van der Waals surface area contributed by atoms with Gasteiger partial charge < -0.3 is 5.73 Å². The number of hydrogen-bond acceptors (Lipinski definition) is 3. The van der Waals surface area contributed by atoms with Crippen LogP contribution in [0.3, 0.4) is 0 Å². The van der Waals surface area contributed by atoms with Gasteiger partial charge in [0.1, 0.15) is 0 Å². The first-order valence-electron chi connectivity index (χ1n) is 3.62. The van der Waals surface area contributed by atoms with Gasteiger partial charge in [0.15, 0.2) is 0 Å². The fourth-order valence-electron chi connectivity index (χ4n) is 1.07. The fraction of sp³-hybridized carbons (Fsp3) is 1.00. The summed E-state index contributed by atoms with van der Waals surface area (Å²) in [6, 6.07) is 0.105. The van der Waals surface area contributed by atoms with Crippen LogP contribution >= 0.6 is 0 Å². The fourth-order valence-corrected chi connectivity index (χ4v) is 2.00. The normalized spacial score (nSPS) is 24.6. The lowest BCUT2D eigenvalue weighted by Gasteiger charge is -2.39. The number of nitrogens with two attached hydrogens (primary N) is 1. The Morgan fingerprint density at radius 1 is 1.55 bits per heavy atom. The molecule has 0 amide bonds. The van der Waals surface area contributed by atoms with Crippen LogP contribution in [0.15, 0.2) is 0 Å². The molecule has 1 saturated heterocycles. The number of nitrogens with zero attached hydrogens (tertiary/aromatic N) is 1. The Morgan fingerprint density at radius 2 is 2.00 bits per heavy atom. The molecule has 1 heterocycles. The molecule has 0 bridgehead atoms. The Balaban J connectivity index is 2.42. The van der Waals surface area contributed by atoms with Gasteiger partial charge in [-0.15, -0.1) is 0 Å². The molecule has 4 nitrogen and oxygen atoms in total. The zero-order valence-electron chi connectivity index (χ0n) is 6.82. The average Bonchev–Trinajstić information content (AvgIpc) is 1.51. The first-order valence-corrected chi connectivity index (χ1v) is 5.47. The third-order valence-corrected chi connectivity index (χ3v) is 3.33. The zero-order valence-corrected chi connectivity index (χ0v) is 7.63. The molecule has 5 heteroatoms. The van der Waals surface area contributed by atoms with Crippen molar-refractivity contribution in [2.75, 3.05) is 19.3 Å². The molecule has 1 aliphatic rings. The van der Waals surface area contributed by atoms with E-state index >= 15 is 0 Å². The third kappa shape index (κ3) is 1.91. The number of sulfonamides is 1. The SMILES string of the molecule is C[C@H](N)C1CN(S(C)(=O)=O)C1. The Hall–Kier alpha value is -0.130. The molecule has 0 radical (unpaired) electrons. The van der Waals surface area contributed by atoms with Crippen molar-refractivity contribution in [2.24, 2.45) is 11.7 Å². The van der Waals surface area contributed by atoms with Crippen molar-refractivity contribution in [1.29, 1.82) is 0 Å². The van der Waals surface area contributed by atoms with Crippen molar-refractivity contribution in [2.45, 2.75) is 13.0 Å². The first-order chi connectivity index (χ1) is 4.91. The minimum absolute atomic E-state index is 0.105. The lowest BCUT2D eigenvalue weighted by atomic mass is 9.96. The second-order valence-electron chi connectivity index (χ2n) is 3.20. The van der Waals surface area contributed by atoms with Gasteiger partial charge in [-0.2, -0.15) is 0 Å². The Labute approximate surface area is 67.4 Å². The van der Waals surface area contributed by atoms with Crippen LogP contribution in [-0.2, 0) is 10.0 Å². The number of hydrogen-bond donors (Lipinski definition) is 1. The molecular weight excluding hydrogens is 164 g/mol. The molecule has 1 fully saturated rings. The second kappa shape index (κ2) is 2.73. The van der Waals surface area contributed by atoms with Gasteiger partial charge in [0.05, 0.1) is 6.26 Å². The summed E-state index contributed by atoms with van der Waals surface area (Å²) in [5.41, 5.74) is 5.58. The summed E-state index contributed by atoms with van der Waals surface area (Å²) in [5, 5.41) is 0. The summed E-state index contributed by atoms with van der Waals surface area (Å²) in [6.45, 7) is 3.09. The van der Waals surface area contributed by atoms with Crippen LogP contribution in [0.2, 0.25) is 0 Å². The molecule has 0 aromatic heterocycles. The first kappa shape index (κ1) is 8.96. The second-order valence-corrected chi connectivity index (χ2v) is 5.18. The van der Waals surface area contributed by atoms with Crippen LogP contribution in [0.1, 0.15) is 6.92 Å². The summed E-state index contributed by atoms with van der Waals surface area (Å²) in [4.78, 5) is 0. The van der Waals surface area contributed by atoms with E-state index in [1.54, 1.807) is 0 Å². The van der Waals surface area contributed by atoms with Crippen molar-refractivity contribution in [3.05, 3.63) is 0 Å². The molecular formula is C6H14N2O2S. The summed E-state index contributed by atoms with van der Waals surface area (Å²) < 4.78 is 23.2. The maximum atomic E-state index is 10.9. The van der Waals surface area contributed by atoms with Crippen molar-refractivity contribution in [1.82, 2.24) is 4.31 Å². The van der Waals surface area contributed by atoms with E-state index in [9.17, 15) is 8.42 Å². The summed E-state index contributed by atoms with van der Waals surface area (Å²) in [7, 11) is -2.95. The molecule has 1 aliphatic heterocycles. The van der Waals surface area contributed by atoms with E-state index in [0.29, 0.717) is 19.0 Å². The Bertz CT molecular complexity index is 229. The monoisotopic (exact) mass is 178 g/mol. The van der Waals surface area contributed by atoms with Gasteiger partial charge in [0.25, 0.3) is 0 Å². The lowest BCUT2D eigenvalue weighted by Crippen LogP contribution is -2.55. The van der Waals surface area contributed by atoms with E-state index in [0.717, 1.165) is 0 Å². The van der Waals surface area contributed by atoms with E-state index in [4.69, 9.17) is 5.73 Å². The van der Waals surface area contributed by atoms with Gasteiger partial charge in [0.2, 0.25) is 10.0 Å². The van der Waals surface area contributed by atoms with Gasteiger partial charge in [-0.05, 0) is 6.92 Å². The zero-order chi connectivity index (χ0) is 8.65. The summed E-state index contributed by atoms with van der Waals surface area (Å²) >= 11 is 0. The van der Waals surface area contributed by atoms with Crippen LogP contribution in [0.5, 0.6) is 0 Å². The van der Waals surface area contributed by atoms with Crippen molar-refractivity contribution in [3.8, 4) is 0 Å². The highest BCUT2D eigenvalue weighted by Gasteiger charge is 2.34. The minimum atomic E-state index is -2.95. The number of rotatable bonds is 2. The lowest BCUT2D eigenvalue weighted by molar-refractivity contribution is 0.178. The molecule has 1 atom stereocenters. The van der Waals surface area contributed by atoms with Gasteiger partial charge in [-0.25, -0.2) is 12.7 Å². The molecule has 0 aromatic rings. The highest BCUT2D eigenvalue weighted by Crippen LogP contribution is 2.20.